The van der Waals surface area contributed by atoms with Gasteiger partial charge in [0.25, 0.3) is 0 Å². The molecule has 45 heavy (non-hydrogen) atoms. The molecule has 0 N–H and O–H groups in total. The second kappa shape index (κ2) is 10.1. The fourth-order valence-electron chi connectivity index (χ4n) is 9.00. The molecule has 0 bridgehead atoms. The molecular weight excluding hydrogens is 544 g/mol. The van der Waals surface area contributed by atoms with E-state index in [1.165, 1.54) is 74.5 Å². The largest absolute Gasteiger partial charge is 0.338 e. The summed E-state index contributed by atoms with van der Waals surface area (Å²) in [7, 11) is 0. The summed E-state index contributed by atoms with van der Waals surface area (Å²) in [5.41, 5.74) is 9.61. The Morgan fingerprint density at radius 3 is 2.02 bits per heavy atom. The molecule has 7 aromatic rings. The molecule has 0 aliphatic heterocycles. The van der Waals surface area contributed by atoms with Crippen molar-refractivity contribution in [2.75, 3.05) is 4.90 Å². The van der Waals surface area contributed by atoms with Crippen LogP contribution in [0.1, 0.15) is 50.2 Å². The SMILES string of the molecule is CC1(C)c2cc(-n3c4ccccc4c4ccccc43)ccc2C2CCC(N(c3ccccc3)c3ccc4ccccc4c3)CC21. The van der Waals surface area contributed by atoms with Crippen LogP contribution in [0.2, 0.25) is 0 Å². The zero-order chi connectivity index (χ0) is 30.1. The molecule has 0 amide bonds. The zero-order valence-corrected chi connectivity index (χ0v) is 26.0. The third-order valence-electron chi connectivity index (χ3n) is 11.1. The maximum atomic E-state index is 2.64. The first-order valence-corrected chi connectivity index (χ1v) is 16.5. The molecule has 0 saturated heterocycles. The van der Waals surface area contributed by atoms with E-state index in [1.54, 1.807) is 5.56 Å². The van der Waals surface area contributed by atoms with E-state index in [0.29, 0.717) is 17.9 Å². The number of rotatable bonds is 4. The van der Waals surface area contributed by atoms with E-state index in [-0.39, 0.29) is 5.41 Å². The van der Waals surface area contributed by atoms with Crippen LogP contribution in [0, 0.1) is 5.92 Å². The first-order valence-electron chi connectivity index (χ1n) is 16.5. The first-order chi connectivity index (χ1) is 22.1. The Morgan fingerprint density at radius 2 is 1.27 bits per heavy atom. The average Bonchev–Trinajstić information content (AvgIpc) is 3.54. The van der Waals surface area contributed by atoms with Gasteiger partial charge in [-0.1, -0.05) is 105 Å². The van der Waals surface area contributed by atoms with Crippen molar-refractivity contribution >= 4 is 44.0 Å². The minimum atomic E-state index is 0.0825. The van der Waals surface area contributed by atoms with Crippen LogP contribution < -0.4 is 4.90 Å². The van der Waals surface area contributed by atoms with Gasteiger partial charge in [0, 0.05) is 33.9 Å². The summed E-state index contributed by atoms with van der Waals surface area (Å²) in [6, 6.07) is 52.3. The molecule has 1 saturated carbocycles. The Balaban J connectivity index is 1.11. The number of fused-ring (bicyclic) bond motifs is 7. The smallest absolute Gasteiger partial charge is 0.0541 e. The number of hydrogen-bond donors (Lipinski definition) is 0. The molecule has 2 nitrogen and oxygen atoms in total. The molecule has 6 aromatic carbocycles. The van der Waals surface area contributed by atoms with Crippen molar-refractivity contribution < 1.29 is 0 Å². The predicted octanol–water partition coefficient (Wildman–Crippen LogP) is 11.3. The number of anilines is 2. The van der Waals surface area contributed by atoms with E-state index in [1.807, 2.05) is 0 Å². The van der Waals surface area contributed by atoms with Crippen molar-refractivity contribution in [2.24, 2.45) is 5.92 Å². The lowest BCUT2D eigenvalue weighted by Gasteiger charge is -2.44. The Hall–Kier alpha value is -4.82. The van der Waals surface area contributed by atoms with Gasteiger partial charge in [0.05, 0.1) is 11.0 Å². The lowest BCUT2D eigenvalue weighted by Crippen LogP contribution is -2.41. The summed E-state index contributed by atoms with van der Waals surface area (Å²) < 4.78 is 2.47. The topological polar surface area (TPSA) is 8.17 Å². The van der Waals surface area contributed by atoms with Crippen molar-refractivity contribution in [1.29, 1.82) is 0 Å². The van der Waals surface area contributed by atoms with Gasteiger partial charge in [0.1, 0.15) is 0 Å². The van der Waals surface area contributed by atoms with Crippen molar-refractivity contribution in [3.63, 3.8) is 0 Å². The quantitative estimate of drug-likeness (QED) is 0.200. The molecule has 220 valence electrons. The standard InChI is InChI=1S/C43H38N2/c1-43(2)39-27-33(44(31-14-4-3-5-15-31)32-21-20-29-12-6-7-13-30(29)26-32)22-24-35(39)36-25-23-34(28-40(36)43)45-41-18-10-8-16-37(41)38-17-9-11-19-42(38)45/h3-21,23,25-26,28,33,35,39H,22,24,27H2,1-2H3. The van der Waals surface area contributed by atoms with E-state index in [2.05, 4.69) is 163 Å². The van der Waals surface area contributed by atoms with Crippen LogP contribution >= 0.6 is 0 Å². The highest BCUT2D eigenvalue weighted by Gasteiger charge is 2.49. The summed E-state index contributed by atoms with van der Waals surface area (Å²) in [5, 5.41) is 5.23. The minimum Gasteiger partial charge on any atom is -0.338 e. The van der Waals surface area contributed by atoms with Gasteiger partial charge in [0.2, 0.25) is 0 Å². The number of benzene rings is 6. The zero-order valence-electron chi connectivity index (χ0n) is 26.0. The normalized spacial score (nSPS) is 20.4. The maximum Gasteiger partial charge on any atom is 0.0541 e. The monoisotopic (exact) mass is 582 g/mol. The van der Waals surface area contributed by atoms with Gasteiger partial charge in [-0.2, -0.15) is 0 Å². The van der Waals surface area contributed by atoms with Crippen molar-refractivity contribution in [3.05, 3.63) is 151 Å². The Morgan fingerprint density at radius 1 is 0.600 bits per heavy atom. The van der Waals surface area contributed by atoms with Gasteiger partial charge in [0.15, 0.2) is 0 Å². The Labute approximate surface area is 265 Å². The third kappa shape index (κ3) is 4.08. The van der Waals surface area contributed by atoms with Crippen LogP contribution in [-0.2, 0) is 5.41 Å². The second-order valence-corrected chi connectivity index (χ2v) is 13.8. The molecule has 2 aliphatic rings. The molecule has 2 aliphatic carbocycles. The highest BCUT2D eigenvalue weighted by Crippen LogP contribution is 2.58. The van der Waals surface area contributed by atoms with Gasteiger partial charge in [-0.3, -0.25) is 0 Å². The third-order valence-corrected chi connectivity index (χ3v) is 11.1. The van der Waals surface area contributed by atoms with Gasteiger partial charge in [-0.05, 0) is 107 Å². The summed E-state index contributed by atoms with van der Waals surface area (Å²) in [6.07, 6.45) is 3.59. The highest BCUT2D eigenvalue weighted by molar-refractivity contribution is 6.09. The minimum absolute atomic E-state index is 0.0825. The van der Waals surface area contributed by atoms with Gasteiger partial charge < -0.3 is 9.47 Å². The highest BCUT2D eigenvalue weighted by atomic mass is 15.2. The van der Waals surface area contributed by atoms with Crippen molar-refractivity contribution in [2.45, 2.75) is 50.5 Å². The molecule has 0 spiro atoms. The molecule has 3 atom stereocenters. The number of aromatic nitrogens is 1. The summed E-state index contributed by atoms with van der Waals surface area (Å²) in [4.78, 5) is 2.64. The van der Waals surface area contributed by atoms with Crippen molar-refractivity contribution in [1.82, 2.24) is 4.57 Å². The molecule has 0 radical (unpaired) electrons. The van der Waals surface area contributed by atoms with E-state index >= 15 is 0 Å². The Bertz CT molecular complexity index is 2150. The molecule has 1 fully saturated rings. The van der Waals surface area contributed by atoms with Crippen LogP contribution in [0.5, 0.6) is 0 Å². The summed E-state index contributed by atoms with van der Waals surface area (Å²) in [5.74, 6) is 1.19. The van der Waals surface area contributed by atoms with Gasteiger partial charge >= 0.3 is 0 Å². The summed E-state index contributed by atoms with van der Waals surface area (Å²) >= 11 is 0. The summed E-state index contributed by atoms with van der Waals surface area (Å²) in [6.45, 7) is 5.02. The van der Waals surface area contributed by atoms with E-state index in [0.717, 1.165) is 0 Å². The van der Waals surface area contributed by atoms with E-state index in [4.69, 9.17) is 0 Å². The number of nitrogens with zero attached hydrogens (tertiary/aromatic N) is 2. The predicted molar refractivity (Wildman–Crippen MR) is 190 cm³/mol. The molecule has 9 rings (SSSR count). The fourth-order valence-corrected chi connectivity index (χ4v) is 9.00. The average molecular weight is 583 g/mol. The second-order valence-electron chi connectivity index (χ2n) is 13.8. The molecule has 1 aromatic heterocycles. The lowest BCUT2D eigenvalue weighted by atomic mass is 9.68. The molecular formula is C43H38N2. The van der Waals surface area contributed by atoms with Crippen LogP contribution in [0.25, 0.3) is 38.3 Å². The van der Waals surface area contributed by atoms with Crippen molar-refractivity contribution in [3.8, 4) is 5.69 Å². The Kier molecular flexibility index (Phi) is 5.97. The van der Waals surface area contributed by atoms with Crippen LogP contribution in [0.3, 0.4) is 0 Å². The molecule has 1 heterocycles. The van der Waals surface area contributed by atoms with Gasteiger partial charge in [-0.25, -0.2) is 0 Å². The van der Waals surface area contributed by atoms with Crippen LogP contribution in [-0.4, -0.2) is 10.6 Å². The van der Waals surface area contributed by atoms with E-state index in [9.17, 15) is 0 Å². The van der Waals surface area contributed by atoms with Crippen LogP contribution in [0.15, 0.2) is 140 Å². The fraction of sp³-hybridized carbons (Fsp3) is 0.209. The molecule has 3 unspecified atom stereocenters. The van der Waals surface area contributed by atoms with Crippen LogP contribution in [0.4, 0.5) is 11.4 Å². The first kappa shape index (κ1) is 26.6. The number of hydrogen-bond acceptors (Lipinski definition) is 1. The lowest BCUT2D eigenvalue weighted by molar-refractivity contribution is 0.213. The maximum absolute atomic E-state index is 2.64. The van der Waals surface area contributed by atoms with Gasteiger partial charge in [-0.15, -0.1) is 0 Å². The molecule has 2 heteroatoms. The number of para-hydroxylation sites is 3. The van der Waals surface area contributed by atoms with E-state index < -0.39 is 0 Å².